The van der Waals surface area contributed by atoms with Gasteiger partial charge in [-0.1, -0.05) is 26.0 Å². The highest BCUT2D eigenvalue weighted by molar-refractivity contribution is 7.18. The number of hydrogen-bond donors (Lipinski definition) is 2. The summed E-state index contributed by atoms with van der Waals surface area (Å²) in [5.41, 5.74) is 7.97. The molecule has 0 bridgehead atoms. The first-order valence-electron chi connectivity index (χ1n) is 6.35. The van der Waals surface area contributed by atoms with Gasteiger partial charge in [0.25, 0.3) is 0 Å². The number of thiazole rings is 1. The maximum Gasteiger partial charge on any atom is 0.303 e. The van der Waals surface area contributed by atoms with Crippen LogP contribution < -0.4 is 5.73 Å². The number of carbonyl (C=O) groups is 1. The van der Waals surface area contributed by atoms with Gasteiger partial charge in [0.2, 0.25) is 0 Å². The van der Waals surface area contributed by atoms with Crippen LogP contribution in [-0.4, -0.2) is 16.1 Å². The number of aromatic nitrogens is 1. The Kier molecular flexibility index (Phi) is 4.17. The molecule has 1 heterocycles. The highest BCUT2D eigenvalue weighted by Gasteiger charge is 2.15. The van der Waals surface area contributed by atoms with Gasteiger partial charge in [-0.2, -0.15) is 0 Å². The second-order valence-corrected chi connectivity index (χ2v) is 6.00. The summed E-state index contributed by atoms with van der Waals surface area (Å²) in [6.45, 7) is 4.23. The van der Waals surface area contributed by atoms with Crippen LogP contribution in [0.4, 0.5) is 0 Å². The summed E-state index contributed by atoms with van der Waals surface area (Å²) in [6.07, 6.45) is 0.516. The van der Waals surface area contributed by atoms with Gasteiger partial charge in [0.05, 0.1) is 15.2 Å². The first kappa shape index (κ1) is 14.0. The summed E-state index contributed by atoms with van der Waals surface area (Å²) < 4.78 is 1.12. The quantitative estimate of drug-likeness (QED) is 0.880. The van der Waals surface area contributed by atoms with Gasteiger partial charge < -0.3 is 10.8 Å². The van der Waals surface area contributed by atoms with Gasteiger partial charge in [-0.3, -0.25) is 4.79 Å². The zero-order valence-corrected chi connectivity index (χ0v) is 11.9. The normalized spacial score (nSPS) is 13.1. The van der Waals surface area contributed by atoms with E-state index in [9.17, 15) is 4.79 Å². The van der Waals surface area contributed by atoms with E-state index in [4.69, 9.17) is 10.8 Å². The number of benzene rings is 1. The number of nitrogens with zero attached hydrogens (tertiary/aromatic N) is 1. The van der Waals surface area contributed by atoms with E-state index in [1.54, 1.807) is 11.3 Å². The summed E-state index contributed by atoms with van der Waals surface area (Å²) in [7, 11) is 0. The largest absolute Gasteiger partial charge is 0.481 e. The number of para-hydroxylation sites is 1. The van der Waals surface area contributed by atoms with Crippen LogP contribution in [0.2, 0.25) is 0 Å². The Balaban J connectivity index is 2.34. The number of fused-ring (bicyclic) bond motifs is 1. The number of hydrogen-bond acceptors (Lipinski definition) is 4. The van der Waals surface area contributed by atoms with E-state index in [1.165, 1.54) is 0 Å². The molecule has 1 atom stereocenters. The maximum absolute atomic E-state index is 10.6. The zero-order valence-electron chi connectivity index (χ0n) is 11.1. The Morgan fingerprint density at radius 1 is 1.47 bits per heavy atom. The molecule has 2 aromatic rings. The van der Waals surface area contributed by atoms with Crippen molar-refractivity contribution in [3.05, 3.63) is 28.8 Å². The summed E-state index contributed by atoms with van der Waals surface area (Å²) in [5.74, 6) is -0.427. The summed E-state index contributed by atoms with van der Waals surface area (Å²) in [6, 6.07) is 5.66. The molecule has 0 fully saturated rings. The molecule has 0 radical (unpaired) electrons. The fourth-order valence-electron chi connectivity index (χ4n) is 1.97. The van der Waals surface area contributed by atoms with Crippen LogP contribution >= 0.6 is 11.3 Å². The van der Waals surface area contributed by atoms with Crippen LogP contribution in [-0.2, 0) is 4.79 Å². The molecule has 0 amide bonds. The lowest BCUT2D eigenvalue weighted by atomic mass is 10.0. The maximum atomic E-state index is 10.6. The van der Waals surface area contributed by atoms with Crippen molar-refractivity contribution in [2.75, 3.05) is 0 Å². The third-order valence-corrected chi connectivity index (χ3v) is 4.35. The predicted octanol–water partition coefficient (Wildman–Crippen LogP) is 3.28. The van der Waals surface area contributed by atoms with Crippen molar-refractivity contribution in [2.24, 2.45) is 5.73 Å². The number of rotatable bonds is 5. The van der Waals surface area contributed by atoms with Crippen LogP contribution in [0.1, 0.15) is 49.2 Å². The minimum atomic E-state index is -0.816. The Hall–Kier alpha value is -1.46. The Morgan fingerprint density at radius 2 is 2.21 bits per heavy atom. The molecule has 0 aliphatic rings. The Labute approximate surface area is 116 Å². The summed E-state index contributed by atoms with van der Waals surface area (Å²) >= 11 is 1.68. The molecule has 0 spiro atoms. The molecule has 19 heavy (non-hydrogen) atoms. The molecule has 5 heteroatoms. The smallest absolute Gasteiger partial charge is 0.303 e. The number of aliphatic carboxylic acids is 1. The molecule has 3 N–H and O–H groups in total. The van der Waals surface area contributed by atoms with E-state index >= 15 is 0 Å². The van der Waals surface area contributed by atoms with Gasteiger partial charge in [0, 0.05) is 18.4 Å². The standard InChI is InChI=1S/C14H18N2O2S/c1-8(2)14-16-13-9(4-3-5-11(13)19-14)10(15)6-7-12(17)18/h3-5,8,10H,6-7,15H2,1-2H3,(H,17,18). The molecule has 0 saturated heterocycles. The average Bonchev–Trinajstić information content (AvgIpc) is 2.79. The third-order valence-electron chi connectivity index (χ3n) is 3.03. The van der Waals surface area contributed by atoms with Crippen molar-refractivity contribution in [3.8, 4) is 0 Å². The highest BCUT2D eigenvalue weighted by Crippen LogP contribution is 2.32. The number of carboxylic acids is 1. The first-order valence-corrected chi connectivity index (χ1v) is 7.17. The molecule has 4 nitrogen and oxygen atoms in total. The monoisotopic (exact) mass is 278 g/mol. The molecule has 1 unspecified atom stereocenters. The van der Waals surface area contributed by atoms with Crippen molar-refractivity contribution in [3.63, 3.8) is 0 Å². The van der Waals surface area contributed by atoms with Gasteiger partial charge in [-0.05, 0) is 18.1 Å². The van der Waals surface area contributed by atoms with Gasteiger partial charge in [0.15, 0.2) is 0 Å². The van der Waals surface area contributed by atoms with Crippen molar-refractivity contribution < 1.29 is 9.90 Å². The molecule has 0 saturated carbocycles. The number of carboxylic acid groups (broad SMARTS) is 1. The van der Waals surface area contributed by atoms with E-state index in [2.05, 4.69) is 18.8 Å². The molecule has 0 aliphatic carbocycles. The molecular weight excluding hydrogens is 260 g/mol. The summed E-state index contributed by atoms with van der Waals surface area (Å²) in [5, 5.41) is 9.82. The molecule has 0 aliphatic heterocycles. The molecule has 102 valence electrons. The van der Waals surface area contributed by atoms with E-state index in [0.29, 0.717) is 12.3 Å². The van der Waals surface area contributed by atoms with Gasteiger partial charge in [-0.15, -0.1) is 11.3 Å². The van der Waals surface area contributed by atoms with Crippen molar-refractivity contribution >= 4 is 27.5 Å². The minimum Gasteiger partial charge on any atom is -0.481 e. The lowest BCUT2D eigenvalue weighted by molar-refractivity contribution is -0.137. The lowest BCUT2D eigenvalue weighted by Crippen LogP contribution is -2.12. The Bertz CT molecular complexity index is 592. The Morgan fingerprint density at radius 3 is 2.84 bits per heavy atom. The van der Waals surface area contributed by atoms with Crippen LogP contribution in [0.25, 0.3) is 10.2 Å². The molecule has 1 aromatic heterocycles. The fraction of sp³-hybridized carbons (Fsp3) is 0.429. The lowest BCUT2D eigenvalue weighted by Gasteiger charge is -2.11. The van der Waals surface area contributed by atoms with Crippen molar-refractivity contribution in [1.82, 2.24) is 4.98 Å². The van der Waals surface area contributed by atoms with E-state index < -0.39 is 5.97 Å². The fourth-order valence-corrected chi connectivity index (χ4v) is 2.97. The average molecular weight is 278 g/mol. The van der Waals surface area contributed by atoms with E-state index in [0.717, 1.165) is 20.8 Å². The molecule has 2 rings (SSSR count). The van der Waals surface area contributed by atoms with Crippen molar-refractivity contribution in [2.45, 2.75) is 38.6 Å². The molecule has 1 aromatic carbocycles. The topological polar surface area (TPSA) is 76.2 Å². The minimum absolute atomic E-state index is 0.0821. The summed E-state index contributed by atoms with van der Waals surface area (Å²) in [4.78, 5) is 15.3. The predicted molar refractivity (Wildman–Crippen MR) is 77.5 cm³/mol. The second-order valence-electron chi connectivity index (χ2n) is 4.94. The van der Waals surface area contributed by atoms with Crippen LogP contribution in [0.3, 0.4) is 0 Å². The molecular formula is C14H18N2O2S. The second kappa shape index (κ2) is 5.67. The SMILES string of the molecule is CC(C)c1nc2c(C(N)CCC(=O)O)cccc2s1. The van der Waals surface area contributed by atoms with Gasteiger partial charge >= 0.3 is 5.97 Å². The van der Waals surface area contributed by atoms with Crippen molar-refractivity contribution in [1.29, 1.82) is 0 Å². The van der Waals surface area contributed by atoms with Gasteiger partial charge in [-0.25, -0.2) is 4.98 Å². The highest BCUT2D eigenvalue weighted by atomic mass is 32.1. The van der Waals surface area contributed by atoms with E-state index in [1.807, 2.05) is 18.2 Å². The third kappa shape index (κ3) is 3.11. The zero-order chi connectivity index (χ0) is 14.0. The van der Waals surface area contributed by atoms with Crippen LogP contribution in [0.15, 0.2) is 18.2 Å². The van der Waals surface area contributed by atoms with Gasteiger partial charge in [0.1, 0.15) is 0 Å². The van der Waals surface area contributed by atoms with E-state index in [-0.39, 0.29) is 12.5 Å². The first-order chi connectivity index (χ1) is 8.99. The van der Waals surface area contributed by atoms with Crippen LogP contribution in [0, 0.1) is 0 Å². The van der Waals surface area contributed by atoms with Crippen LogP contribution in [0.5, 0.6) is 0 Å². The number of nitrogens with two attached hydrogens (primary N) is 1.